The standard InChI is InChI=1S/C14H21NO3S/c1-2-3-4-5-10-18-13(16)8-9-15-14(17)12-7-6-11-19-12/h6-7,11H,2-5,8-10H2,1H3,(H,15,17). The average Bonchev–Trinajstić information content (AvgIpc) is 2.92. The van der Waals surface area contributed by atoms with Crippen LogP contribution in [0.4, 0.5) is 0 Å². The minimum atomic E-state index is -0.247. The first-order valence-corrected chi connectivity index (χ1v) is 7.59. The molecule has 0 aliphatic carbocycles. The van der Waals surface area contributed by atoms with Crippen LogP contribution in [-0.4, -0.2) is 25.0 Å². The summed E-state index contributed by atoms with van der Waals surface area (Å²) < 4.78 is 5.07. The van der Waals surface area contributed by atoms with Crippen LogP contribution in [0, 0.1) is 0 Å². The van der Waals surface area contributed by atoms with Gasteiger partial charge in [0, 0.05) is 6.54 Å². The van der Waals surface area contributed by atoms with Crippen molar-refractivity contribution in [3.05, 3.63) is 22.4 Å². The van der Waals surface area contributed by atoms with Crippen molar-refractivity contribution in [3.8, 4) is 0 Å². The van der Waals surface area contributed by atoms with E-state index in [-0.39, 0.29) is 18.3 Å². The Bertz CT molecular complexity index is 376. The minimum absolute atomic E-state index is 0.134. The second-order valence-corrected chi connectivity index (χ2v) is 5.21. The summed E-state index contributed by atoms with van der Waals surface area (Å²) in [5.41, 5.74) is 0. The van der Waals surface area contributed by atoms with Gasteiger partial charge < -0.3 is 10.1 Å². The zero-order valence-corrected chi connectivity index (χ0v) is 12.1. The molecule has 0 bridgehead atoms. The fraction of sp³-hybridized carbons (Fsp3) is 0.571. The molecule has 0 aliphatic heterocycles. The molecule has 1 N–H and O–H groups in total. The van der Waals surface area contributed by atoms with Crippen LogP contribution in [0.25, 0.3) is 0 Å². The molecule has 4 nitrogen and oxygen atoms in total. The van der Waals surface area contributed by atoms with Crippen molar-refractivity contribution >= 4 is 23.2 Å². The Hall–Kier alpha value is -1.36. The molecule has 0 spiro atoms. The molecule has 19 heavy (non-hydrogen) atoms. The number of ether oxygens (including phenoxy) is 1. The first kappa shape index (κ1) is 15.7. The average molecular weight is 283 g/mol. The van der Waals surface area contributed by atoms with E-state index in [1.54, 1.807) is 6.07 Å². The van der Waals surface area contributed by atoms with E-state index in [4.69, 9.17) is 4.74 Å². The van der Waals surface area contributed by atoms with Crippen molar-refractivity contribution < 1.29 is 14.3 Å². The van der Waals surface area contributed by atoms with Crippen molar-refractivity contribution in [2.45, 2.75) is 39.0 Å². The number of nitrogens with one attached hydrogen (secondary N) is 1. The molecule has 1 heterocycles. The summed E-state index contributed by atoms with van der Waals surface area (Å²) in [5, 5.41) is 4.54. The smallest absolute Gasteiger partial charge is 0.307 e. The Morgan fingerprint density at radius 2 is 2.16 bits per heavy atom. The molecule has 0 saturated heterocycles. The third-order valence-corrected chi connectivity index (χ3v) is 3.49. The monoisotopic (exact) mass is 283 g/mol. The molecule has 0 atom stereocenters. The van der Waals surface area contributed by atoms with Gasteiger partial charge in [-0.3, -0.25) is 9.59 Å². The normalized spacial score (nSPS) is 10.2. The molecule has 0 aromatic carbocycles. The Morgan fingerprint density at radius 3 is 2.84 bits per heavy atom. The van der Waals surface area contributed by atoms with Crippen LogP contribution >= 0.6 is 11.3 Å². The van der Waals surface area contributed by atoms with Gasteiger partial charge in [-0.1, -0.05) is 32.3 Å². The molecular formula is C14H21NO3S. The van der Waals surface area contributed by atoms with Crippen molar-refractivity contribution in [1.82, 2.24) is 5.32 Å². The summed E-state index contributed by atoms with van der Waals surface area (Å²) in [5.74, 6) is -0.381. The molecule has 0 fully saturated rings. The van der Waals surface area contributed by atoms with Gasteiger partial charge in [0.15, 0.2) is 0 Å². The SMILES string of the molecule is CCCCCCOC(=O)CCNC(=O)c1cccs1. The minimum Gasteiger partial charge on any atom is -0.466 e. The number of hydrogen-bond acceptors (Lipinski definition) is 4. The van der Waals surface area contributed by atoms with Gasteiger partial charge in [-0.15, -0.1) is 11.3 Å². The second kappa shape index (κ2) is 9.55. The van der Waals surface area contributed by atoms with E-state index in [0.717, 1.165) is 12.8 Å². The maximum Gasteiger partial charge on any atom is 0.307 e. The van der Waals surface area contributed by atoms with Crippen LogP contribution in [-0.2, 0) is 9.53 Å². The topological polar surface area (TPSA) is 55.4 Å². The summed E-state index contributed by atoms with van der Waals surface area (Å²) in [4.78, 5) is 23.6. The van der Waals surface area contributed by atoms with E-state index in [0.29, 0.717) is 18.0 Å². The third kappa shape index (κ3) is 6.96. The van der Waals surface area contributed by atoms with Crippen LogP contribution in [0.15, 0.2) is 17.5 Å². The molecule has 0 saturated carbocycles. The highest BCUT2D eigenvalue weighted by Gasteiger charge is 2.07. The summed E-state index contributed by atoms with van der Waals surface area (Å²) in [6.45, 7) is 2.95. The number of carbonyl (C=O) groups excluding carboxylic acids is 2. The second-order valence-electron chi connectivity index (χ2n) is 4.26. The molecule has 1 rings (SSSR count). The van der Waals surface area contributed by atoms with Crippen molar-refractivity contribution in [2.75, 3.05) is 13.2 Å². The first-order chi connectivity index (χ1) is 9.24. The molecule has 1 aromatic heterocycles. The molecular weight excluding hydrogens is 262 g/mol. The lowest BCUT2D eigenvalue weighted by Crippen LogP contribution is -2.25. The number of unbranched alkanes of at least 4 members (excludes halogenated alkanes) is 3. The van der Waals surface area contributed by atoms with Gasteiger partial charge in [0.05, 0.1) is 17.9 Å². The molecule has 1 aromatic rings. The Morgan fingerprint density at radius 1 is 1.32 bits per heavy atom. The Labute approximate surface area is 118 Å². The van der Waals surface area contributed by atoms with Crippen LogP contribution in [0.5, 0.6) is 0 Å². The lowest BCUT2D eigenvalue weighted by molar-refractivity contribution is -0.143. The fourth-order valence-electron chi connectivity index (χ4n) is 1.56. The molecule has 1 amide bonds. The largest absolute Gasteiger partial charge is 0.466 e. The molecule has 106 valence electrons. The number of esters is 1. The van der Waals surface area contributed by atoms with E-state index in [9.17, 15) is 9.59 Å². The zero-order valence-electron chi connectivity index (χ0n) is 11.3. The molecule has 0 aliphatic rings. The van der Waals surface area contributed by atoms with Crippen molar-refractivity contribution in [1.29, 1.82) is 0 Å². The van der Waals surface area contributed by atoms with Gasteiger partial charge in [-0.25, -0.2) is 0 Å². The van der Waals surface area contributed by atoms with Crippen molar-refractivity contribution in [3.63, 3.8) is 0 Å². The van der Waals surface area contributed by atoms with Gasteiger partial charge in [0.25, 0.3) is 5.91 Å². The predicted octanol–water partition coefficient (Wildman–Crippen LogP) is 2.99. The van der Waals surface area contributed by atoms with Gasteiger partial charge in [0.1, 0.15) is 0 Å². The third-order valence-electron chi connectivity index (χ3n) is 2.62. The Balaban J connectivity index is 2.02. The summed E-state index contributed by atoms with van der Waals surface area (Å²) in [7, 11) is 0. The number of carbonyl (C=O) groups is 2. The lowest BCUT2D eigenvalue weighted by Gasteiger charge is -2.05. The van der Waals surface area contributed by atoms with Gasteiger partial charge in [-0.05, 0) is 17.9 Å². The van der Waals surface area contributed by atoms with Gasteiger partial charge in [-0.2, -0.15) is 0 Å². The number of thiophene rings is 1. The fourth-order valence-corrected chi connectivity index (χ4v) is 2.20. The quantitative estimate of drug-likeness (QED) is 0.560. The lowest BCUT2D eigenvalue weighted by atomic mass is 10.2. The van der Waals surface area contributed by atoms with E-state index in [1.807, 2.05) is 11.4 Å². The van der Waals surface area contributed by atoms with E-state index < -0.39 is 0 Å². The zero-order chi connectivity index (χ0) is 13.9. The number of rotatable bonds is 9. The van der Waals surface area contributed by atoms with Gasteiger partial charge in [0.2, 0.25) is 0 Å². The van der Waals surface area contributed by atoms with Crippen LogP contribution in [0.1, 0.15) is 48.7 Å². The van der Waals surface area contributed by atoms with Crippen LogP contribution in [0.2, 0.25) is 0 Å². The van der Waals surface area contributed by atoms with E-state index in [1.165, 1.54) is 24.2 Å². The number of amides is 1. The van der Waals surface area contributed by atoms with Crippen LogP contribution in [0.3, 0.4) is 0 Å². The maximum atomic E-state index is 11.6. The van der Waals surface area contributed by atoms with Crippen molar-refractivity contribution in [2.24, 2.45) is 0 Å². The number of hydrogen-bond donors (Lipinski definition) is 1. The highest BCUT2D eigenvalue weighted by molar-refractivity contribution is 7.12. The summed E-state index contributed by atoms with van der Waals surface area (Å²) >= 11 is 1.38. The maximum absolute atomic E-state index is 11.6. The van der Waals surface area contributed by atoms with E-state index in [2.05, 4.69) is 12.2 Å². The Kier molecular flexibility index (Phi) is 7.89. The molecule has 0 unspecified atom stereocenters. The van der Waals surface area contributed by atoms with Gasteiger partial charge >= 0.3 is 5.97 Å². The highest BCUT2D eigenvalue weighted by Crippen LogP contribution is 2.07. The van der Waals surface area contributed by atoms with E-state index >= 15 is 0 Å². The first-order valence-electron chi connectivity index (χ1n) is 6.71. The highest BCUT2D eigenvalue weighted by atomic mass is 32.1. The molecule has 5 heteroatoms. The van der Waals surface area contributed by atoms with Crippen LogP contribution < -0.4 is 5.32 Å². The summed E-state index contributed by atoms with van der Waals surface area (Å²) in [6.07, 6.45) is 4.59. The predicted molar refractivity (Wildman–Crippen MR) is 76.4 cm³/mol. The summed E-state index contributed by atoms with van der Waals surface area (Å²) in [6, 6.07) is 3.58. The molecule has 0 radical (unpaired) electrons.